The monoisotopic (exact) mass is 304 g/mol. The van der Waals surface area contributed by atoms with Crippen LogP contribution in [0.1, 0.15) is 0 Å². The van der Waals surface area contributed by atoms with E-state index in [1.807, 2.05) is 12.1 Å². The van der Waals surface area contributed by atoms with Gasteiger partial charge < -0.3 is 20.1 Å². The minimum Gasteiger partial charge on any atom is -0.477 e. The zero-order valence-corrected chi connectivity index (χ0v) is 11.1. The quantitative estimate of drug-likeness (QED) is 0.811. The Hall–Kier alpha value is -1.96. The predicted molar refractivity (Wildman–Crippen MR) is 69.2 cm³/mol. The van der Waals surface area contributed by atoms with Gasteiger partial charge in [-0.05, 0) is 12.1 Å². The number of carbonyl (C=O) groups is 1. The molecule has 1 aliphatic rings. The van der Waals surface area contributed by atoms with Gasteiger partial charge in [-0.15, -0.1) is 0 Å². The van der Waals surface area contributed by atoms with Gasteiger partial charge in [0.15, 0.2) is 6.10 Å². The molecule has 5 nitrogen and oxygen atoms in total. The molecule has 1 aromatic carbocycles. The first-order chi connectivity index (χ1) is 9.96. The molecule has 0 saturated heterocycles. The number of ether oxygens (including phenoxy) is 2. The molecule has 1 unspecified atom stereocenters. The van der Waals surface area contributed by atoms with Crippen molar-refractivity contribution in [3.63, 3.8) is 0 Å². The van der Waals surface area contributed by atoms with Crippen molar-refractivity contribution in [1.29, 1.82) is 0 Å². The van der Waals surface area contributed by atoms with E-state index in [0.717, 1.165) is 5.69 Å². The minimum atomic E-state index is -4.36. The molecule has 2 rings (SSSR count). The molecule has 116 valence electrons. The van der Waals surface area contributed by atoms with Crippen LogP contribution in [-0.2, 0) is 9.53 Å². The van der Waals surface area contributed by atoms with Gasteiger partial charge in [0, 0.05) is 6.54 Å². The fourth-order valence-electron chi connectivity index (χ4n) is 1.81. The first-order valence-corrected chi connectivity index (χ1v) is 6.37. The molecule has 0 radical (unpaired) electrons. The number of rotatable bonds is 5. The van der Waals surface area contributed by atoms with E-state index in [1.165, 1.54) is 0 Å². The molecule has 0 fully saturated rings. The van der Waals surface area contributed by atoms with Crippen molar-refractivity contribution in [3.8, 4) is 5.75 Å². The zero-order chi connectivity index (χ0) is 15.3. The van der Waals surface area contributed by atoms with E-state index < -0.39 is 24.8 Å². The molecule has 1 atom stereocenters. The molecular formula is C13H15F3N2O3. The van der Waals surface area contributed by atoms with Gasteiger partial charge in [0.05, 0.1) is 18.8 Å². The Labute approximate surface area is 119 Å². The number of hydrogen-bond acceptors (Lipinski definition) is 4. The van der Waals surface area contributed by atoms with Crippen LogP contribution >= 0.6 is 0 Å². The molecule has 8 heteroatoms. The van der Waals surface area contributed by atoms with Gasteiger partial charge in [0.2, 0.25) is 0 Å². The number of anilines is 1. The van der Waals surface area contributed by atoms with Crippen LogP contribution in [0.2, 0.25) is 0 Å². The van der Waals surface area contributed by atoms with Gasteiger partial charge >= 0.3 is 6.18 Å². The maximum atomic E-state index is 11.8. The summed E-state index contributed by atoms with van der Waals surface area (Å²) in [7, 11) is 0. The molecule has 0 aliphatic carbocycles. The number of hydrogen-bond donors (Lipinski definition) is 2. The van der Waals surface area contributed by atoms with Crippen molar-refractivity contribution in [1.82, 2.24) is 5.32 Å². The number of fused-ring (bicyclic) bond motifs is 1. The third kappa shape index (κ3) is 4.82. The Bertz CT molecular complexity index is 494. The lowest BCUT2D eigenvalue weighted by Gasteiger charge is -2.26. The molecule has 0 spiro atoms. The number of benzene rings is 1. The molecule has 1 aliphatic heterocycles. The van der Waals surface area contributed by atoms with Gasteiger partial charge in [-0.1, -0.05) is 12.1 Å². The summed E-state index contributed by atoms with van der Waals surface area (Å²) in [6.07, 6.45) is -5.08. The Morgan fingerprint density at radius 2 is 2.19 bits per heavy atom. The van der Waals surface area contributed by atoms with E-state index in [1.54, 1.807) is 12.1 Å². The van der Waals surface area contributed by atoms with Crippen molar-refractivity contribution in [2.24, 2.45) is 0 Å². The first-order valence-electron chi connectivity index (χ1n) is 6.37. The topological polar surface area (TPSA) is 59.6 Å². The number of nitrogens with one attached hydrogen (secondary N) is 2. The Morgan fingerprint density at radius 3 is 2.95 bits per heavy atom. The predicted octanol–water partition coefficient (Wildman–Crippen LogP) is 1.55. The van der Waals surface area contributed by atoms with Crippen molar-refractivity contribution in [2.75, 3.05) is 31.6 Å². The van der Waals surface area contributed by atoms with E-state index in [2.05, 4.69) is 15.4 Å². The SMILES string of the molecule is O=C(NCCOCC(F)(F)F)C1CNc2ccccc2O1. The highest BCUT2D eigenvalue weighted by atomic mass is 19.4. The van der Waals surface area contributed by atoms with Crippen LogP contribution in [0.4, 0.5) is 18.9 Å². The average Bonchev–Trinajstić information content (AvgIpc) is 2.45. The summed E-state index contributed by atoms with van der Waals surface area (Å²) >= 11 is 0. The third-order valence-electron chi connectivity index (χ3n) is 2.74. The summed E-state index contributed by atoms with van der Waals surface area (Å²) in [5.41, 5.74) is 0.801. The Balaban J connectivity index is 1.70. The molecule has 2 N–H and O–H groups in total. The molecule has 0 aromatic heterocycles. The van der Waals surface area contributed by atoms with Crippen LogP contribution < -0.4 is 15.4 Å². The zero-order valence-electron chi connectivity index (χ0n) is 11.1. The van der Waals surface area contributed by atoms with E-state index in [-0.39, 0.29) is 13.2 Å². The summed E-state index contributed by atoms with van der Waals surface area (Å²) in [4.78, 5) is 11.8. The van der Waals surface area contributed by atoms with Gasteiger partial charge in [-0.3, -0.25) is 4.79 Å². The first kappa shape index (κ1) is 15.4. The summed E-state index contributed by atoms with van der Waals surface area (Å²) in [5.74, 6) is 0.171. The average molecular weight is 304 g/mol. The molecule has 1 amide bonds. The summed E-state index contributed by atoms with van der Waals surface area (Å²) in [6.45, 7) is -1.23. The highest BCUT2D eigenvalue weighted by Crippen LogP contribution is 2.28. The van der Waals surface area contributed by atoms with Crippen LogP contribution in [-0.4, -0.2) is 44.5 Å². The largest absolute Gasteiger partial charge is 0.477 e. The number of carbonyl (C=O) groups excluding carboxylic acids is 1. The Morgan fingerprint density at radius 1 is 1.43 bits per heavy atom. The molecule has 0 saturated carbocycles. The van der Waals surface area contributed by atoms with E-state index in [4.69, 9.17) is 4.74 Å². The standard InChI is InChI=1S/C13H15F3N2O3/c14-13(15,16)8-20-6-5-17-12(19)11-7-18-9-3-1-2-4-10(9)21-11/h1-4,11,18H,5-8H2,(H,17,19). The van der Waals surface area contributed by atoms with Crippen LogP contribution in [0.15, 0.2) is 24.3 Å². The van der Waals surface area contributed by atoms with Gasteiger partial charge in [0.25, 0.3) is 5.91 Å². The second kappa shape index (κ2) is 6.66. The minimum absolute atomic E-state index is 0.00355. The number of halogens is 3. The third-order valence-corrected chi connectivity index (χ3v) is 2.74. The lowest BCUT2D eigenvalue weighted by atomic mass is 10.2. The van der Waals surface area contributed by atoms with Crippen LogP contribution in [0.3, 0.4) is 0 Å². The van der Waals surface area contributed by atoms with Crippen LogP contribution in [0, 0.1) is 0 Å². The molecule has 1 heterocycles. The van der Waals surface area contributed by atoms with Gasteiger partial charge in [-0.2, -0.15) is 13.2 Å². The van der Waals surface area contributed by atoms with Crippen molar-refractivity contribution in [3.05, 3.63) is 24.3 Å². The van der Waals surface area contributed by atoms with Crippen molar-refractivity contribution < 1.29 is 27.4 Å². The number of amides is 1. The van der Waals surface area contributed by atoms with E-state index >= 15 is 0 Å². The number of alkyl halides is 3. The number of para-hydroxylation sites is 2. The van der Waals surface area contributed by atoms with E-state index in [0.29, 0.717) is 12.3 Å². The fraction of sp³-hybridized carbons (Fsp3) is 0.462. The van der Waals surface area contributed by atoms with Gasteiger partial charge in [0.1, 0.15) is 12.4 Å². The summed E-state index contributed by atoms with van der Waals surface area (Å²) in [5, 5.41) is 5.52. The van der Waals surface area contributed by atoms with Crippen molar-refractivity contribution >= 4 is 11.6 Å². The fourth-order valence-corrected chi connectivity index (χ4v) is 1.81. The molecular weight excluding hydrogens is 289 g/mol. The molecule has 21 heavy (non-hydrogen) atoms. The maximum absolute atomic E-state index is 11.8. The maximum Gasteiger partial charge on any atom is 0.411 e. The molecule has 0 bridgehead atoms. The van der Waals surface area contributed by atoms with E-state index in [9.17, 15) is 18.0 Å². The van der Waals surface area contributed by atoms with Crippen LogP contribution in [0.5, 0.6) is 5.75 Å². The lowest BCUT2D eigenvalue weighted by Crippen LogP contribution is -2.45. The summed E-state index contributed by atoms with van der Waals surface area (Å²) in [6, 6.07) is 7.18. The second-order valence-corrected chi connectivity index (χ2v) is 4.44. The smallest absolute Gasteiger partial charge is 0.411 e. The van der Waals surface area contributed by atoms with Crippen molar-refractivity contribution in [2.45, 2.75) is 12.3 Å². The Kier molecular flexibility index (Phi) is 4.89. The highest BCUT2D eigenvalue weighted by molar-refractivity contribution is 5.83. The van der Waals surface area contributed by atoms with Crippen LogP contribution in [0.25, 0.3) is 0 Å². The normalized spacial score (nSPS) is 17.4. The highest BCUT2D eigenvalue weighted by Gasteiger charge is 2.28. The molecule has 1 aromatic rings. The van der Waals surface area contributed by atoms with Gasteiger partial charge in [-0.25, -0.2) is 0 Å². The lowest BCUT2D eigenvalue weighted by molar-refractivity contribution is -0.173. The second-order valence-electron chi connectivity index (χ2n) is 4.44. The summed E-state index contributed by atoms with van der Waals surface area (Å²) < 4.78 is 45.4.